The molecule has 2 N–H and O–H groups in total. The van der Waals surface area contributed by atoms with E-state index >= 15 is 0 Å². The van der Waals surface area contributed by atoms with Crippen molar-refractivity contribution in [3.63, 3.8) is 0 Å². The number of aliphatic hydroxyl groups excluding tert-OH is 1. The highest BCUT2D eigenvalue weighted by Crippen LogP contribution is 1.45. The Morgan fingerprint density at radius 1 is 1.50 bits per heavy atom. The van der Waals surface area contributed by atoms with Crippen LogP contribution in [0.25, 0.3) is 0 Å². The normalized spacial score (nSPS) is 4.75. The minimum Gasteiger partial charge on any atom is -0.400 e. The second kappa shape index (κ2) is 32.9. The van der Waals surface area contributed by atoms with E-state index in [0.29, 0.717) is 0 Å². The Labute approximate surface area is 73.5 Å². The molecule has 0 aromatic heterocycles. The summed E-state index contributed by atoms with van der Waals surface area (Å²) in [4.78, 5) is 21.5. The molecule has 74 valence electrons. The molecular weight excluding hydrogens is 160 g/mol. The van der Waals surface area contributed by atoms with E-state index in [2.05, 4.69) is 10.3 Å². The molecule has 5 nitrogen and oxygen atoms in total. The second-order valence-corrected chi connectivity index (χ2v) is 1.12. The third-order valence-electron chi connectivity index (χ3n) is 0.443. The van der Waals surface area contributed by atoms with Crippen LogP contribution in [0.2, 0.25) is 0 Å². The summed E-state index contributed by atoms with van der Waals surface area (Å²) in [5.41, 5.74) is 0. The van der Waals surface area contributed by atoms with Crippen LogP contribution in [-0.4, -0.2) is 38.3 Å². The topological polar surface area (TPSA) is 78.8 Å². The molecule has 0 unspecified atom stereocenters. The SMILES string of the molecule is C.CN=C=O.CNC(C)=O.CO. The first-order valence-electron chi connectivity index (χ1n) is 2.78. The average molecular weight is 178 g/mol. The van der Waals surface area contributed by atoms with E-state index in [9.17, 15) is 4.79 Å². The summed E-state index contributed by atoms with van der Waals surface area (Å²) >= 11 is 0. The van der Waals surface area contributed by atoms with Crippen molar-refractivity contribution >= 4 is 12.0 Å². The van der Waals surface area contributed by atoms with Gasteiger partial charge in [0, 0.05) is 28.1 Å². The number of hydrogen-bond donors (Lipinski definition) is 2. The summed E-state index contributed by atoms with van der Waals surface area (Å²) in [6, 6.07) is 0. The van der Waals surface area contributed by atoms with E-state index in [1.54, 1.807) is 7.05 Å². The van der Waals surface area contributed by atoms with E-state index in [1.165, 1.54) is 20.1 Å². The van der Waals surface area contributed by atoms with Crippen molar-refractivity contribution in [2.45, 2.75) is 14.4 Å². The first-order valence-corrected chi connectivity index (χ1v) is 2.78. The van der Waals surface area contributed by atoms with Gasteiger partial charge >= 0.3 is 0 Å². The van der Waals surface area contributed by atoms with Crippen LogP contribution in [0.15, 0.2) is 4.99 Å². The highest BCUT2D eigenvalue weighted by molar-refractivity contribution is 5.72. The maximum atomic E-state index is 9.70. The molecular formula is C7H18N2O3. The van der Waals surface area contributed by atoms with E-state index < -0.39 is 0 Å². The molecule has 0 aliphatic carbocycles. The summed E-state index contributed by atoms with van der Waals surface area (Å²) in [5.74, 6) is 0.00463. The Bertz CT molecular complexity index is 120. The van der Waals surface area contributed by atoms with Gasteiger partial charge in [0.25, 0.3) is 0 Å². The van der Waals surface area contributed by atoms with Crippen LogP contribution in [0.1, 0.15) is 14.4 Å². The molecule has 1 amide bonds. The lowest BCUT2D eigenvalue weighted by Gasteiger charge is -1.80. The van der Waals surface area contributed by atoms with Crippen LogP contribution < -0.4 is 5.32 Å². The van der Waals surface area contributed by atoms with Crippen LogP contribution >= 0.6 is 0 Å². The van der Waals surface area contributed by atoms with Crippen LogP contribution in [0.3, 0.4) is 0 Å². The van der Waals surface area contributed by atoms with Gasteiger partial charge in [-0.1, -0.05) is 7.43 Å². The Balaban J connectivity index is -0.0000000419. The van der Waals surface area contributed by atoms with Gasteiger partial charge in [0.2, 0.25) is 12.0 Å². The summed E-state index contributed by atoms with van der Waals surface area (Å²) < 4.78 is 0. The molecule has 0 radical (unpaired) electrons. The van der Waals surface area contributed by atoms with Crippen LogP contribution in [0, 0.1) is 0 Å². The molecule has 0 rings (SSSR count). The molecule has 0 fully saturated rings. The van der Waals surface area contributed by atoms with Gasteiger partial charge in [-0.2, -0.15) is 0 Å². The smallest absolute Gasteiger partial charge is 0.234 e. The number of isocyanates is 1. The lowest BCUT2D eigenvalue weighted by Crippen LogP contribution is -2.11. The zero-order chi connectivity index (χ0) is 9.70. The third kappa shape index (κ3) is 164. The molecule has 0 heterocycles. The van der Waals surface area contributed by atoms with Crippen molar-refractivity contribution in [1.29, 1.82) is 0 Å². The third-order valence-corrected chi connectivity index (χ3v) is 0.443. The summed E-state index contributed by atoms with van der Waals surface area (Å²) in [6.07, 6.45) is 1.31. The van der Waals surface area contributed by atoms with Gasteiger partial charge in [0.1, 0.15) is 0 Å². The molecule has 0 saturated carbocycles. The first-order chi connectivity index (χ1) is 5.18. The van der Waals surface area contributed by atoms with Crippen molar-refractivity contribution < 1.29 is 14.7 Å². The summed E-state index contributed by atoms with van der Waals surface area (Å²) in [7, 11) is 3.98. The van der Waals surface area contributed by atoms with Crippen molar-refractivity contribution in [3.8, 4) is 0 Å². The zero-order valence-corrected chi connectivity index (χ0v) is 7.21. The quantitative estimate of drug-likeness (QED) is 0.403. The molecule has 12 heavy (non-hydrogen) atoms. The van der Waals surface area contributed by atoms with Crippen molar-refractivity contribution in [1.82, 2.24) is 5.32 Å². The first kappa shape index (κ1) is 22.4. The molecule has 0 aliphatic heterocycles. The molecule has 0 aliphatic rings. The Kier molecular flexibility index (Phi) is 61.5. The lowest BCUT2D eigenvalue weighted by molar-refractivity contribution is -0.118. The maximum Gasteiger partial charge on any atom is 0.234 e. The molecule has 0 aromatic carbocycles. The fourth-order valence-corrected chi connectivity index (χ4v) is 0. The van der Waals surface area contributed by atoms with Crippen molar-refractivity contribution in [2.75, 3.05) is 21.2 Å². The molecule has 5 heteroatoms. The van der Waals surface area contributed by atoms with E-state index in [0.717, 1.165) is 7.11 Å². The number of nitrogens with zero attached hydrogens (tertiary/aromatic N) is 1. The number of nitrogens with one attached hydrogen (secondary N) is 1. The molecule has 0 saturated heterocycles. The number of hydrogen-bond acceptors (Lipinski definition) is 4. The minimum absolute atomic E-state index is 0. The van der Waals surface area contributed by atoms with E-state index in [-0.39, 0.29) is 13.3 Å². The predicted molar refractivity (Wildman–Crippen MR) is 48.7 cm³/mol. The minimum atomic E-state index is 0. The molecule has 0 atom stereocenters. The predicted octanol–water partition coefficient (Wildman–Crippen LogP) is -0.0511. The maximum absolute atomic E-state index is 9.70. The number of aliphatic imine (C=N–C) groups is 1. The van der Waals surface area contributed by atoms with Gasteiger partial charge in [-0.15, -0.1) is 0 Å². The van der Waals surface area contributed by atoms with Gasteiger partial charge in [0.05, 0.1) is 0 Å². The lowest BCUT2D eigenvalue weighted by atomic mass is 10.7. The van der Waals surface area contributed by atoms with Crippen LogP contribution in [-0.2, 0) is 9.59 Å². The Morgan fingerprint density at radius 2 is 1.67 bits per heavy atom. The van der Waals surface area contributed by atoms with Crippen LogP contribution in [0.4, 0.5) is 0 Å². The molecule has 0 spiro atoms. The largest absolute Gasteiger partial charge is 0.400 e. The Morgan fingerprint density at radius 3 is 1.67 bits per heavy atom. The van der Waals surface area contributed by atoms with Gasteiger partial charge < -0.3 is 10.4 Å². The van der Waals surface area contributed by atoms with Crippen molar-refractivity contribution in [2.24, 2.45) is 4.99 Å². The fraction of sp³-hybridized carbons (Fsp3) is 0.714. The highest BCUT2D eigenvalue weighted by Gasteiger charge is 1.72. The van der Waals surface area contributed by atoms with Gasteiger partial charge in [-0.05, 0) is 0 Å². The number of rotatable bonds is 0. The number of amides is 1. The number of carbonyl (C=O) groups is 1. The average Bonchev–Trinajstić information content (AvgIpc) is 2.08. The molecule has 0 bridgehead atoms. The Hall–Kier alpha value is -1.19. The monoisotopic (exact) mass is 178 g/mol. The summed E-state index contributed by atoms with van der Waals surface area (Å²) in [6.45, 7) is 1.47. The number of carbonyl (C=O) groups excluding carboxylic acids is 2. The van der Waals surface area contributed by atoms with Gasteiger partial charge in [-0.25, -0.2) is 9.79 Å². The highest BCUT2D eigenvalue weighted by atomic mass is 16.2. The fourth-order valence-electron chi connectivity index (χ4n) is 0. The van der Waals surface area contributed by atoms with Gasteiger partial charge in [-0.3, -0.25) is 4.79 Å². The second-order valence-electron chi connectivity index (χ2n) is 1.12. The molecule has 0 aromatic rings. The standard InChI is InChI=1S/C3H7NO.C2H3NO.CH4O.CH4/c1-3(5)4-2;1-3-2-4;1-2;/h1-2H3,(H,4,5);1H3;2H,1H3;1H4. The van der Waals surface area contributed by atoms with Crippen molar-refractivity contribution in [3.05, 3.63) is 0 Å². The van der Waals surface area contributed by atoms with E-state index in [1.807, 2.05) is 0 Å². The summed E-state index contributed by atoms with van der Waals surface area (Å²) in [5, 5.41) is 9.39. The van der Waals surface area contributed by atoms with E-state index in [4.69, 9.17) is 9.90 Å². The zero-order valence-electron chi connectivity index (χ0n) is 7.21. The number of aliphatic hydroxyl groups is 1. The van der Waals surface area contributed by atoms with Gasteiger partial charge in [0.15, 0.2) is 0 Å². The van der Waals surface area contributed by atoms with Crippen LogP contribution in [0.5, 0.6) is 0 Å².